The average molecular weight is 493 g/mol. The summed E-state index contributed by atoms with van der Waals surface area (Å²) in [5.74, 6) is 1.74. The summed E-state index contributed by atoms with van der Waals surface area (Å²) in [5.41, 5.74) is 0.665. The van der Waals surface area contributed by atoms with Crippen LogP contribution < -0.4 is 4.74 Å². The molecule has 0 unspecified atom stereocenters. The van der Waals surface area contributed by atoms with E-state index >= 15 is 0 Å². The van der Waals surface area contributed by atoms with Gasteiger partial charge >= 0.3 is 0 Å². The van der Waals surface area contributed by atoms with Gasteiger partial charge in [0.15, 0.2) is 0 Å². The van der Waals surface area contributed by atoms with Gasteiger partial charge < -0.3 is 14.5 Å². The van der Waals surface area contributed by atoms with Crippen molar-refractivity contribution in [3.63, 3.8) is 0 Å². The SMILES string of the molecule is O=C(Cc1cnccn1)N1CCN(C(=O)c2cc3cc(OCCC4CCCCC4)ccc3s2)CC1. The lowest BCUT2D eigenvalue weighted by Crippen LogP contribution is -2.50. The van der Waals surface area contributed by atoms with Crippen LogP contribution in [0.3, 0.4) is 0 Å². The number of carbonyl (C=O) groups excluding carboxylic acids is 2. The number of fused-ring (bicyclic) bond motifs is 1. The molecule has 0 atom stereocenters. The Morgan fingerprint density at radius 1 is 1.00 bits per heavy atom. The molecule has 3 aromatic rings. The summed E-state index contributed by atoms with van der Waals surface area (Å²) in [6.45, 7) is 2.90. The van der Waals surface area contributed by atoms with Crippen LogP contribution in [0.1, 0.15) is 53.9 Å². The van der Waals surface area contributed by atoms with E-state index in [0.717, 1.165) is 39.7 Å². The van der Waals surface area contributed by atoms with Gasteiger partial charge in [-0.2, -0.15) is 0 Å². The molecule has 1 aliphatic heterocycles. The molecule has 2 amide bonds. The molecule has 35 heavy (non-hydrogen) atoms. The van der Waals surface area contributed by atoms with Crippen LogP contribution in [0.5, 0.6) is 5.75 Å². The molecule has 2 aliphatic rings. The maximum atomic E-state index is 13.2. The Kier molecular flexibility index (Phi) is 7.57. The molecule has 0 radical (unpaired) electrons. The molecule has 1 aliphatic carbocycles. The number of rotatable bonds is 7. The zero-order chi connectivity index (χ0) is 24.0. The van der Waals surface area contributed by atoms with E-state index < -0.39 is 0 Å². The molecule has 1 saturated heterocycles. The van der Waals surface area contributed by atoms with Crippen molar-refractivity contribution in [3.8, 4) is 5.75 Å². The lowest BCUT2D eigenvalue weighted by Gasteiger charge is -2.34. The summed E-state index contributed by atoms with van der Waals surface area (Å²) < 4.78 is 7.13. The molecule has 2 fully saturated rings. The number of carbonyl (C=O) groups is 2. The number of nitrogens with zero attached hydrogens (tertiary/aromatic N) is 4. The Morgan fingerprint density at radius 2 is 1.80 bits per heavy atom. The number of amides is 2. The second-order valence-electron chi connectivity index (χ2n) is 9.50. The fourth-order valence-corrected chi connectivity index (χ4v) is 6.05. The molecule has 0 bridgehead atoms. The van der Waals surface area contributed by atoms with Crippen LogP contribution >= 0.6 is 11.3 Å². The number of hydrogen-bond donors (Lipinski definition) is 0. The summed E-state index contributed by atoms with van der Waals surface area (Å²) >= 11 is 1.52. The van der Waals surface area contributed by atoms with Gasteiger partial charge in [-0.3, -0.25) is 19.6 Å². The van der Waals surface area contributed by atoms with Crippen molar-refractivity contribution in [2.45, 2.75) is 44.9 Å². The van der Waals surface area contributed by atoms with E-state index in [9.17, 15) is 9.59 Å². The summed E-state index contributed by atoms with van der Waals surface area (Å²) in [6, 6.07) is 8.08. The minimum atomic E-state index is 0.0236. The maximum absolute atomic E-state index is 13.2. The number of ether oxygens (including phenoxy) is 1. The van der Waals surface area contributed by atoms with Gasteiger partial charge in [-0.05, 0) is 42.0 Å². The van der Waals surface area contributed by atoms with E-state index in [-0.39, 0.29) is 18.2 Å². The molecule has 8 heteroatoms. The quantitative estimate of drug-likeness (QED) is 0.483. The van der Waals surface area contributed by atoms with Gasteiger partial charge in [0, 0.05) is 49.5 Å². The zero-order valence-corrected chi connectivity index (χ0v) is 20.8. The Bertz CT molecular complexity index is 1150. The maximum Gasteiger partial charge on any atom is 0.264 e. The first kappa shape index (κ1) is 23.7. The number of thiophene rings is 1. The predicted octanol–water partition coefficient (Wildman–Crippen LogP) is 4.57. The van der Waals surface area contributed by atoms with Crippen LogP contribution in [-0.2, 0) is 11.2 Å². The molecule has 1 saturated carbocycles. The second kappa shape index (κ2) is 11.2. The van der Waals surface area contributed by atoms with Crippen LogP contribution in [0.25, 0.3) is 10.1 Å². The molecule has 2 aromatic heterocycles. The largest absolute Gasteiger partial charge is 0.494 e. The number of benzene rings is 1. The van der Waals surface area contributed by atoms with Crippen molar-refractivity contribution >= 4 is 33.2 Å². The number of aromatic nitrogens is 2. The summed E-state index contributed by atoms with van der Waals surface area (Å²) in [4.78, 5) is 38.3. The van der Waals surface area contributed by atoms with Gasteiger partial charge in [0.1, 0.15) is 5.75 Å². The highest BCUT2D eigenvalue weighted by atomic mass is 32.1. The van der Waals surface area contributed by atoms with Crippen LogP contribution in [0.15, 0.2) is 42.9 Å². The van der Waals surface area contributed by atoms with Gasteiger partial charge in [0.25, 0.3) is 5.91 Å². The molecule has 1 aromatic carbocycles. The van der Waals surface area contributed by atoms with Crippen LogP contribution in [0.4, 0.5) is 0 Å². The minimum Gasteiger partial charge on any atom is -0.494 e. The Morgan fingerprint density at radius 3 is 2.57 bits per heavy atom. The normalized spacial score (nSPS) is 17.0. The van der Waals surface area contributed by atoms with E-state index in [0.29, 0.717) is 31.9 Å². The molecule has 5 rings (SSSR count). The van der Waals surface area contributed by atoms with Crippen LogP contribution in [0, 0.1) is 5.92 Å². The highest BCUT2D eigenvalue weighted by Gasteiger charge is 2.26. The Labute approximate surface area is 210 Å². The van der Waals surface area contributed by atoms with E-state index in [1.165, 1.54) is 43.4 Å². The zero-order valence-electron chi connectivity index (χ0n) is 20.0. The first-order valence-corrected chi connectivity index (χ1v) is 13.5. The van der Waals surface area contributed by atoms with Crippen molar-refractivity contribution in [2.75, 3.05) is 32.8 Å². The highest BCUT2D eigenvalue weighted by molar-refractivity contribution is 7.20. The topological polar surface area (TPSA) is 75.6 Å². The van der Waals surface area contributed by atoms with Gasteiger partial charge in [-0.25, -0.2) is 0 Å². The van der Waals surface area contributed by atoms with E-state index in [1.807, 2.05) is 23.1 Å². The summed E-state index contributed by atoms with van der Waals surface area (Å²) in [7, 11) is 0. The van der Waals surface area contributed by atoms with Crippen molar-refractivity contribution < 1.29 is 14.3 Å². The van der Waals surface area contributed by atoms with Gasteiger partial charge in [-0.1, -0.05) is 32.1 Å². The van der Waals surface area contributed by atoms with Crippen molar-refractivity contribution in [1.82, 2.24) is 19.8 Å². The predicted molar refractivity (Wildman–Crippen MR) is 137 cm³/mol. The molecular weight excluding hydrogens is 460 g/mol. The standard InChI is InChI=1S/C27H32N4O3S/c32-26(18-22-19-28-9-10-29-22)30-11-13-31(14-12-30)27(33)25-17-21-16-23(6-7-24(21)35-25)34-15-8-20-4-2-1-3-5-20/h6-7,9-10,16-17,19-20H,1-5,8,11-15,18H2. The molecular formula is C27H32N4O3S. The number of hydrogen-bond acceptors (Lipinski definition) is 6. The average Bonchev–Trinajstić information content (AvgIpc) is 3.33. The first-order chi connectivity index (χ1) is 17.2. The monoisotopic (exact) mass is 492 g/mol. The third kappa shape index (κ3) is 5.99. The minimum absolute atomic E-state index is 0.0236. The van der Waals surface area contributed by atoms with Gasteiger partial charge in [0.2, 0.25) is 5.91 Å². The van der Waals surface area contributed by atoms with Crippen molar-refractivity contribution in [2.24, 2.45) is 5.92 Å². The lowest BCUT2D eigenvalue weighted by atomic mass is 9.87. The van der Waals surface area contributed by atoms with Crippen molar-refractivity contribution in [1.29, 1.82) is 0 Å². The molecule has 7 nitrogen and oxygen atoms in total. The fraction of sp³-hybridized carbons (Fsp3) is 0.481. The summed E-state index contributed by atoms with van der Waals surface area (Å²) in [5, 5.41) is 1.05. The molecule has 3 heterocycles. The molecule has 0 N–H and O–H groups in total. The first-order valence-electron chi connectivity index (χ1n) is 12.6. The van der Waals surface area contributed by atoms with E-state index in [2.05, 4.69) is 16.0 Å². The molecule has 184 valence electrons. The lowest BCUT2D eigenvalue weighted by molar-refractivity contribution is -0.132. The Hall–Kier alpha value is -3.00. The van der Waals surface area contributed by atoms with Crippen molar-refractivity contribution in [3.05, 3.63) is 53.4 Å². The second-order valence-corrected chi connectivity index (χ2v) is 10.6. The van der Waals surface area contributed by atoms with Gasteiger partial charge in [-0.15, -0.1) is 11.3 Å². The molecule has 0 spiro atoms. The third-order valence-corrected chi connectivity index (χ3v) is 8.19. The Balaban J connectivity index is 1.13. The van der Waals surface area contributed by atoms with Crippen LogP contribution in [0.2, 0.25) is 0 Å². The van der Waals surface area contributed by atoms with E-state index in [1.54, 1.807) is 23.5 Å². The highest BCUT2D eigenvalue weighted by Crippen LogP contribution is 2.31. The van der Waals surface area contributed by atoms with Gasteiger partial charge in [0.05, 0.1) is 23.6 Å². The number of piperazine rings is 1. The van der Waals surface area contributed by atoms with Crippen LogP contribution in [-0.4, -0.2) is 64.4 Å². The fourth-order valence-electron chi connectivity index (χ4n) is 5.04. The summed E-state index contributed by atoms with van der Waals surface area (Å²) in [6.07, 6.45) is 12.9. The van der Waals surface area contributed by atoms with E-state index in [4.69, 9.17) is 4.74 Å². The smallest absolute Gasteiger partial charge is 0.264 e. The third-order valence-electron chi connectivity index (χ3n) is 7.09.